The molecule has 32 heavy (non-hydrogen) atoms. The first-order valence-electron chi connectivity index (χ1n) is 10.4. The summed E-state index contributed by atoms with van der Waals surface area (Å²) in [4.78, 5) is 11.0. The number of nitrogens with one attached hydrogen (secondary N) is 3. The van der Waals surface area contributed by atoms with E-state index in [4.69, 9.17) is 5.41 Å². The van der Waals surface area contributed by atoms with Crippen molar-refractivity contribution in [1.82, 2.24) is 9.97 Å². The van der Waals surface area contributed by atoms with E-state index < -0.39 is 12.8 Å². The smallest absolute Gasteiger partial charge is 0.387 e. The maximum Gasteiger partial charge on any atom is 0.387 e. The van der Waals surface area contributed by atoms with Crippen molar-refractivity contribution < 1.29 is 17.9 Å². The molecule has 1 aliphatic heterocycles. The summed E-state index contributed by atoms with van der Waals surface area (Å²) in [5.74, 6) is 1.21. The average molecular weight is 467 g/mol. The molecule has 1 atom stereocenters. The molecule has 0 radical (unpaired) electrons. The van der Waals surface area contributed by atoms with Gasteiger partial charge < -0.3 is 25.7 Å². The summed E-state index contributed by atoms with van der Waals surface area (Å²) in [5.41, 5.74) is 0.873. The molecule has 1 saturated heterocycles. The highest BCUT2D eigenvalue weighted by atomic mass is 32.2. The van der Waals surface area contributed by atoms with Gasteiger partial charge in [-0.1, -0.05) is 6.07 Å². The number of halogens is 3. The van der Waals surface area contributed by atoms with Crippen LogP contribution in [-0.2, 0) is 0 Å². The Labute approximate surface area is 188 Å². The predicted molar refractivity (Wildman–Crippen MR) is 122 cm³/mol. The van der Waals surface area contributed by atoms with Crippen LogP contribution in [0.1, 0.15) is 24.8 Å². The third kappa shape index (κ3) is 5.20. The Kier molecular flexibility index (Phi) is 6.92. The normalized spacial score (nSPS) is 22.5. The second-order valence-corrected chi connectivity index (χ2v) is 8.95. The maximum absolute atomic E-state index is 13.9. The minimum atomic E-state index is -2.93. The zero-order valence-corrected chi connectivity index (χ0v) is 18.3. The van der Waals surface area contributed by atoms with Crippen LogP contribution >= 0.6 is 11.8 Å². The second kappa shape index (κ2) is 9.85. The van der Waals surface area contributed by atoms with Gasteiger partial charge in [0.15, 0.2) is 0 Å². The lowest BCUT2D eigenvalue weighted by molar-refractivity contribution is -0.0498. The van der Waals surface area contributed by atoms with E-state index in [1.807, 2.05) is 16.7 Å². The lowest BCUT2D eigenvalue weighted by atomic mass is 9.92. The Bertz CT molecular complexity index is 959. The first-order valence-corrected chi connectivity index (χ1v) is 11.7. The molecule has 1 saturated carbocycles. The van der Waals surface area contributed by atoms with Crippen molar-refractivity contribution >= 4 is 41.2 Å². The molecule has 3 N–H and O–H groups in total. The Hall–Kier alpha value is -2.69. The summed E-state index contributed by atoms with van der Waals surface area (Å²) >= 11 is 1.83. The number of aromatic nitrogens is 2. The molecule has 0 spiro atoms. The van der Waals surface area contributed by atoms with E-state index in [0.29, 0.717) is 47.1 Å². The first kappa shape index (κ1) is 22.5. The summed E-state index contributed by atoms with van der Waals surface area (Å²) < 4.78 is 43.5. The number of hydrogen-bond donors (Lipinski definition) is 3. The van der Waals surface area contributed by atoms with Crippen LogP contribution in [-0.4, -0.2) is 59.6 Å². The summed E-state index contributed by atoms with van der Waals surface area (Å²) in [7, 11) is 0. The van der Waals surface area contributed by atoms with E-state index in [-0.39, 0.29) is 18.3 Å². The molecule has 1 aliphatic carbocycles. The average Bonchev–Trinajstić information content (AvgIpc) is 3.16. The van der Waals surface area contributed by atoms with Gasteiger partial charge in [0.25, 0.3) is 0 Å². The predicted octanol–water partition coefficient (Wildman–Crippen LogP) is 4.67. The van der Waals surface area contributed by atoms with Gasteiger partial charge in [0, 0.05) is 35.8 Å². The van der Waals surface area contributed by atoms with Crippen LogP contribution in [0, 0.1) is 5.41 Å². The lowest BCUT2D eigenvalue weighted by Gasteiger charge is -2.35. The molecule has 1 unspecified atom stereocenters. The van der Waals surface area contributed by atoms with E-state index in [9.17, 15) is 13.2 Å². The van der Waals surface area contributed by atoms with Crippen LogP contribution in [0.2, 0.25) is 0 Å². The summed E-state index contributed by atoms with van der Waals surface area (Å²) in [5, 5.41) is 15.0. The van der Waals surface area contributed by atoms with Gasteiger partial charge in [-0.25, -0.2) is 4.39 Å². The molecule has 1 aromatic heterocycles. The van der Waals surface area contributed by atoms with Gasteiger partial charge in [-0.05, 0) is 37.7 Å². The summed E-state index contributed by atoms with van der Waals surface area (Å²) in [6.45, 7) is -2.24. The van der Waals surface area contributed by atoms with E-state index in [2.05, 4.69) is 31.6 Å². The van der Waals surface area contributed by atoms with Crippen molar-refractivity contribution in [1.29, 1.82) is 5.41 Å². The molecule has 2 fully saturated rings. The third-order valence-electron chi connectivity index (χ3n) is 5.58. The van der Waals surface area contributed by atoms with Gasteiger partial charge in [-0.3, -0.25) is 0 Å². The van der Waals surface area contributed by atoms with Crippen molar-refractivity contribution in [2.24, 2.45) is 0 Å². The molecule has 7 nitrogen and oxygen atoms in total. The van der Waals surface area contributed by atoms with Gasteiger partial charge in [0.1, 0.15) is 23.6 Å². The van der Waals surface area contributed by atoms with Crippen LogP contribution in [0.15, 0.2) is 24.3 Å². The lowest BCUT2D eigenvalue weighted by Crippen LogP contribution is -2.38. The molecule has 172 valence electrons. The molecule has 2 aromatic rings. The SMILES string of the molecule is CSC1CC(Nc2nc(Nc3cccc(OC(F)F)c3)c(C=N)c(N3CCC(F)C3)n2)C1. The number of thioether (sulfide) groups is 1. The highest BCUT2D eigenvalue weighted by Gasteiger charge is 2.31. The Morgan fingerprint density at radius 3 is 2.78 bits per heavy atom. The van der Waals surface area contributed by atoms with Crippen molar-refractivity contribution in [2.75, 3.05) is 34.9 Å². The van der Waals surface area contributed by atoms with Crippen molar-refractivity contribution in [3.05, 3.63) is 29.8 Å². The Morgan fingerprint density at radius 1 is 1.31 bits per heavy atom. The van der Waals surface area contributed by atoms with Gasteiger partial charge in [0.05, 0.1) is 12.1 Å². The van der Waals surface area contributed by atoms with Crippen molar-refractivity contribution in [3.8, 4) is 5.75 Å². The zero-order chi connectivity index (χ0) is 22.7. The molecular formula is C21H25F3N6OS. The molecule has 2 heterocycles. The number of alkyl halides is 3. The van der Waals surface area contributed by atoms with Crippen LogP contribution in [0.4, 0.5) is 36.4 Å². The van der Waals surface area contributed by atoms with Gasteiger partial charge in [-0.2, -0.15) is 30.5 Å². The Balaban J connectivity index is 1.64. The number of hydrogen-bond acceptors (Lipinski definition) is 8. The van der Waals surface area contributed by atoms with Crippen molar-refractivity contribution in [2.45, 2.75) is 43.3 Å². The largest absolute Gasteiger partial charge is 0.435 e. The van der Waals surface area contributed by atoms with Crippen LogP contribution in [0.5, 0.6) is 5.75 Å². The number of anilines is 4. The fourth-order valence-electron chi connectivity index (χ4n) is 3.85. The fourth-order valence-corrected chi connectivity index (χ4v) is 4.70. The second-order valence-electron chi connectivity index (χ2n) is 7.81. The molecule has 4 rings (SSSR count). The number of ether oxygens (including phenoxy) is 1. The summed E-state index contributed by atoms with van der Waals surface area (Å²) in [6.07, 6.45) is 4.66. The van der Waals surface area contributed by atoms with E-state index in [0.717, 1.165) is 19.1 Å². The molecule has 1 aromatic carbocycles. The first-order chi connectivity index (χ1) is 15.4. The van der Waals surface area contributed by atoms with E-state index >= 15 is 0 Å². The minimum Gasteiger partial charge on any atom is -0.435 e. The summed E-state index contributed by atoms with van der Waals surface area (Å²) in [6, 6.07) is 6.36. The standard InChI is InChI=1S/C21H25F3N6OS/c1-32-16-8-14(9-16)27-21-28-18(26-13-3-2-4-15(7-13)31-20(23)24)17(10-25)19(29-21)30-6-5-12(22)11-30/h2-4,7,10,12,14,16,20,25H,5-6,8-9,11H2,1H3,(H2,26,27,28,29). The number of benzene rings is 1. The molecule has 0 bridgehead atoms. The van der Waals surface area contributed by atoms with Gasteiger partial charge in [0.2, 0.25) is 5.95 Å². The van der Waals surface area contributed by atoms with Crippen LogP contribution in [0.25, 0.3) is 0 Å². The number of rotatable bonds is 9. The quantitative estimate of drug-likeness (QED) is 0.463. The van der Waals surface area contributed by atoms with E-state index in [1.54, 1.807) is 12.1 Å². The van der Waals surface area contributed by atoms with E-state index in [1.165, 1.54) is 12.1 Å². The van der Waals surface area contributed by atoms with Gasteiger partial charge >= 0.3 is 6.61 Å². The topological polar surface area (TPSA) is 86.2 Å². The highest BCUT2D eigenvalue weighted by Crippen LogP contribution is 2.34. The van der Waals surface area contributed by atoms with Crippen molar-refractivity contribution in [3.63, 3.8) is 0 Å². The highest BCUT2D eigenvalue weighted by molar-refractivity contribution is 7.99. The zero-order valence-electron chi connectivity index (χ0n) is 17.5. The monoisotopic (exact) mass is 466 g/mol. The molecular weight excluding hydrogens is 441 g/mol. The maximum atomic E-state index is 13.9. The molecule has 0 amide bonds. The van der Waals surface area contributed by atoms with Crippen LogP contribution < -0.4 is 20.3 Å². The number of nitrogens with zero attached hydrogens (tertiary/aromatic N) is 3. The third-order valence-corrected chi connectivity index (χ3v) is 6.64. The van der Waals surface area contributed by atoms with Crippen LogP contribution in [0.3, 0.4) is 0 Å². The Morgan fingerprint density at radius 2 is 2.12 bits per heavy atom. The minimum absolute atomic E-state index is 0.00594. The molecule has 2 aliphatic rings. The fraction of sp³-hybridized carbons (Fsp3) is 0.476. The molecule has 11 heteroatoms. The van der Waals surface area contributed by atoms with Gasteiger partial charge in [-0.15, -0.1) is 0 Å².